The van der Waals surface area contributed by atoms with E-state index in [0.29, 0.717) is 22.4 Å². The second-order valence-electron chi connectivity index (χ2n) is 19.5. The lowest BCUT2D eigenvalue weighted by molar-refractivity contribution is -0.144. The van der Waals surface area contributed by atoms with E-state index in [9.17, 15) is 24.3 Å². The van der Waals surface area contributed by atoms with Gasteiger partial charge in [-0.05, 0) is 86.6 Å². The lowest BCUT2D eigenvalue weighted by Gasteiger charge is -2.35. The molecule has 16 nitrogen and oxygen atoms in total. The quantitative estimate of drug-likeness (QED) is 0.0550. The molecule has 386 valence electrons. The van der Waals surface area contributed by atoms with Gasteiger partial charge in [-0.15, -0.1) is 32.9 Å². The Bertz CT molecular complexity index is 3110. The Balaban J connectivity index is 0.786. The number of ether oxygens (including phenoxy) is 2. The number of halogens is 1. The molecule has 0 spiro atoms. The highest BCUT2D eigenvalue weighted by atomic mass is 35.5. The molecule has 1 fully saturated rings. The van der Waals surface area contributed by atoms with Crippen LogP contribution in [-0.4, -0.2) is 104 Å². The van der Waals surface area contributed by atoms with E-state index in [0.717, 1.165) is 59.5 Å². The maximum atomic E-state index is 14.0. The molecule has 0 bridgehead atoms. The fourth-order valence-electron chi connectivity index (χ4n) is 8.94. The largest absolute Gasteiger partial charge is 0.481 e. The van der Waals surface area contributed by atoms with Gasteiger partial charge in [0, 0.05) is 40.5 Å². The van der Waals surface area contributed by atoms with Gasteiger partial charge in [-0.25, -0.2) is 4.98 Å². The first kappa shape index (κ1) is 53.5. The third-order valence-electron chi connectivity index (χ3n) is 13.0. The number of nitrogens with zero attached hydrogens (tertiary/aromatic N) is 6. The van der Waals surface area contributed by atoms with Crippen LogP contribution < -0.4 is 20.7 Å². The van der Waals surface area contributed by atoms with Crippen molar-refractivity contribution < 1.29 is 33.8 Å². The van der Waals surface area contributed by atoms with Crippen molar-refractivity contribution in [1.29, 1.82) is 0 Å². The molecular formula is C55H60ClN9O7S2. The van der Waals surface area contributed by atoms with Crippen molar-refractivity contribution in [1.82, 2.24) is 40.6 Å². The van der Waals surface area contributed by atoms with Crippen LogP contribution in [0.25, 0.3) is 15.4 Å². The van der Waals surface area contributed by atoms with Crippen molar-refractivity contribution >= 4 is 63.6 Å². The minimum atomic E-state index is -0.999. The number of likely N-dealkylation sites (tertiary alicyclic amines) is 1. The Kier molecular flexibility index (Phi) is 16.8. The Morgan fingerprint density at radius 3 is 2.30 bits per heavy atom. The molecule has 4 N–H and O–H groups in total. The summed E-state index contributed by atoms with van der Waals surface area (Å²) >= 11 is 9.49. The zero-order valence-electron chi connectivity index (χ0n) is 42.6. The molecule has 4 amide bonds. The summed E-state index contributed by atoms with van der Waals surface area (Å²) in [6.45, 7) is 15.3. The number of aliphatic hydroxyl groups excluding tert-OH is 1. The summed E-state index contributed by atoms with van der Waals surface area (Å²) in [5, 5.41) is 29.9. The summed E-state index contributed by atoms with van der Waals surface area (Å²) in [6, 6.07) is 20.0. The molecule has 5 heterocycles. The molecule has 2 aliphatic rings. The Labute approximate surface area is 444 Å². The Morgan fingerprint density at radius 1 is 0.905 bits per heavy atom. The number of carbonyl (C=O) groups excluding carboxylic acids is 4. The second-order valence-corrected chi connectivity index (χ2v) is 22.0. The van der Waals surface area contributed by atoms with Gasteiger partial charge in [0.1, 0.15) is 54.5 Å². The number of hydrogen-bond acceptors (Lipinski definition) is 13. The third kappa shape index (κ3) is 12.4. The molecule has 0 saturated carbocycles. The van der Waals surface area contributed by atoms with Crippen molar-refractivity contribution in [3.8, 4) is 33.0 Å². The molecule has 74 heavy (non-hydrogen) atoms. The van der Waals surface area contributed by atoms with Crippen molar-refractivity contribution in [3.63, 3.8) is 0 Å². The molecule has 2 aliphatic heterocycles. The molecular weight excluding hydrogens is 998 g/mol. The number of thiophene rings is 1. The van der Waals surface area contributed by atoms with Crippen molar-refractivity contribution in [2.75, 3.05) is 26.4 Å². The molecule has 6 aromatic rings. The number of thiazole rings is 1. The maximum absolute atomic E-state index is 14.0. The topological polar surface area (TPSA) is 202 Å². The van der Waals surface area contributed by atoms with Gasteiger partial charge in [-0.1, -0.05) is 92.7 Å². The standard InChI is InChI=1S/C55H60ClN9O7S2/c1-31-34(4)74-54-47(31)48(38-15-19-40(56)20-16-38)60-43(51-63-62-35(5)65(51)54)26-45(67)59-32(2)37-17-21-42(22-18-37)72-24-10-9-23-71-29-46(68)61-50(55(6,7)8)53(70)64-28-41(66)25-44(64)52(69)57-27-36-11-13-39(14-12-36)49-33(3)58-30-73-49/h11-22,30,32,41,43-44,50,66H,23-29H2,1-8H3,(H,57,69)(H,59,67)(H,61,68)/t32-,41-,43+,44+,50?/m1/s1. The number of rotatable bonds is 16. The number of hydrogen-bond donors (Lipinski definition) is 4. The van der Waals surface area contributed by atoms with Crippen LogP contribution >= 0.6 is 34.3 Å². The van der Waals surface area contributed by atoms with E-state index >= 15 is 0 Å². The lowest BCUT2D eigenvalue weighted by Crippen LogP contribution is -2.58. The molecule has 1 unspecified atom stereocenters. The monoisotopic (exact) mass is 1060 g/mol. The van der Waals surface area contributed by atoms with E-state index in [1.54, 1.807) is 34.8 Å². The molecule has 0 aliphatic carbocycles. The molecule has 5 atom stereocenters. The highest BCUT2D eigenvalue weighted by Gasteiger charge is 2.44. The minimum Gasteiger partial charge on any atom is -0.481 e. The normalized spacial score (nSPS) is 16.9. The number of carbonyl (C=O) groups is 4. The van der Waals surface area contributed by atoms with Crippen molar-refractivity contribution in [2.24, 2.45) is 10.4 Å². The van der Waals surface area contributed by atoms with Gasteiger partial charge in [0.2, 0.25) is 23.6 Å². The van der Waals surface area contributed by atoms with E-state index in [-0.39, 0.29) is 63.6 Å². The van der Waals surface area contributed by atoms with Gasteiger partial charge >= 0.3 is 0 Å². The molecule has 0 radical (unpaired) electrons. The van der Waals surface area contributed by atoms with E-state index < -0.39 is 41.5 Å². The smallest absolute Gasteiger partial charge is 0.246 e. The van der Waals surface area contributed by atoms with Crippen molar-refractivity contribution in [2.45, 2.75) is 105 Å². The SMILES string of the molecule is Cc1ncsc1-c1ccc(CNC(=O)[C@@H]2C[C@@H](O)CN2C(=O)C(NC(=O)COCC#CCOc2ccc([C@@H](C)NC(=O)C[C@@H]3N=C(c4ccc(Cl)cc4)c4c(sc(C)c4C)-n4c(C)nnc43)cc2)C(C)(C)C)cc1. The van der Waals surface area contributed by atoms with Gasteiger partial charge in [-0.3, -0.25) is 28.7 Å². The zero-order valence-corrected chi connectivity index (χ0v) is 45.0. The van der Waals surface area contributed by atoms with Crippen LogP contribution in [0.5, 0.6) is 5.75 Å². The van der Waals surface area contributed by atoms with Crippen LogP contribution in [0.15, 0.2) is 83.3 Å². The maximum Gasteiger partial charge on any atom is 0.246 e. The predicted molar refractivity (Wildman–Crippen MR) is 287 cm³/mol. The van der Waals surface area contributed by atoms with Crippen LogP contribution in [0.3, 0.4) is 0 Å². The van der Waals surface area contributed by atoms with Gasteiger partial charge in [0.15, 0.2) is 5.82 Å². The lowest BCUT2D eigenvalue weighted by atomic mass is 9.85. The van der Waals surface area contributed by atoms with Crippen LogP contribution in [-0.2, 0) is 30.5 Å². The summed E-state index contributed by atoms with van der Waals surface area (Å²) in [7, 11) is 0. The number of benzene rings is 3. The van der Waals surface area contributed by atoms with E-state index in [1.807, 2.05) is 112 Å². The highest BCUT2D eigenvalue weighted by Crippen LogP contribution is 2.40. The Hall–Kier alpha value is -6.75. The first-order valence-electron chi connectivity index (χ1n) is 24.3. The average Bonchev–Trinajstić information content (AvgIpc) is 4.14. The van der Waals surface area contributed by atoms with Crippen LogP contribution in [0.4, 0.5) is 0 Å². The molecule has 1 saturated heterocycles. The first-order valence-corrected chi connectivity index (χ1v) is 26.4. The second kappa shape index (κ2) is 23.2. The first-order chi connectivity index (χ1) is 35.4. The van der Waals surface area contributed by atoms with Crippen LogP contribution in [0.2, 0.25) is 5.02 Å². The van der Waals surface area contributed by atoms with Gasteiger partial charge in [0.05, 0.1) is 40.4 Å². The number of aryl methyl sites for hydroxylation is 3. The number of fused-ring (bicyclic) bond motifs is 3. The number of nitrogens with one attached hydrogen (secondary N) is 3. The van der Waals surface area contributed by atoms with Gasteiger partial charge < -0.3 is 35.4 Å². The zero-order chi connectivity index (χ0) is 52.8. The van der Waals surface area contributed by atoms with Crippen molar-refractivity contribution in [3.05, 3.63) is 133 Å². The fourth-order valence-corrected chi connectivity index (χ4v) is 11.1. The molecule has 3 aromatic heterocycles. The van der Waals surface area contributed by atoms with Crippen LogP contribution in [0.1, 0.15) is 103 Å². The van der Waals surface area contributed by atoms with Crippen LogP contribution in [0, 0.1) is 45.0 Å². The highest BCUT2D eigenvalue weighted by molar-refractivity contribution is 7.15. The van der Waals surface area contributed by atoms with E-state index in [1.165, 1.54) is 4.90 Å². The molecule has 8 rings (SSSR count). The number of β-amino-alcohol motifs (C(OH)–C–C–N with tert-alkyl or cyclic N) is 1. The third-order valence-corrected chi connectivity index (χ3v) is 15.5. The Morgan fingerprint density at radius 2 is 1.61 bits per heavy atom. The summed E-state index contributed by atoms with van der Waals surface area (Å²) in [4.78, 5) is 67.4. The van der Waals surface area contributed by atoms with Gasteiger partial charge in [-0.2, -0.15) is 0 Å². The van der Waals surface area contributed by atoms with E-state index in [4.69, 9.17) is 26.1 Å². The number of amides is 4. The summed E-state index contributed by atoms with van der Waals surface area (Å²) in [5.41, 5.74) is 8.62. The summed E-state index contributed by atoms with van der Waals surface area (Å²) < 4.78 is 13.4. The number of aliphatic hydroxyl groups is 1. The number of aromatic nitrogens is 4. The summed E-state index contributed by atoms with van der Waals surface area (Å²) in [6.07, 6.45) is -0.757. The average molecular weight is 1060 g/mol. The predicted octanol–water partition coefficient (Wildman–Crippen LogP) is 7.71. The summed E-state index contributed by atoms with van der Waals surface area (Å²) in [5.74, 6) is 6.05. The number of aliphatic imine (C=N–C) groups is 1. The minimum absolute atomic E-state index is 0.0352. The molecule has 3 aromatic carbocycles. The van der Waals surface area contributed by atoms with Gasteiger partial charge in [0.25, 0.3) is 0 Å². The molecule has 19 heteroatoms. The fraction of sp³-hybridized carbons (Fsp3) is 0.382. The van der Waals surface area contributed by atoms with E-state index in [2.05, 4.69) is 56.8 Å².